The lowest BCUT2D eigenvalue weighted by Crippen LogP contribution is -2.00. The topological polar surface area (TPSA) is 30.0 Å². The third-order valence-corrected chi connectivity index (χ3v) is 1.96. The highest BCUT2D eigenvalue weighted by Gasteiger charge is 2.04. The van der Waals surface area contributed by atoms with E-state index in [4.69, 9.17) is 0 Å². The van der Waals surface area contributed by atoms with Crippen molar-refractivity contribution >= 4 is 5.78 Å². The summed E-state index contributed by atoms with van der Waals surface area (Å²) in [6.07, 6.45) is 5.54. The fourth-order valence-corrected chi connectivity index (χ4v) is 1.19. The highest BCUT2D eigenvalue weighted by atomic mass is 16.1. The van der Waals surface area contributed by atoms with Crippen LogP contribution in [0.15, 0.2) is 24.4 Å². The number of ketones is 1. The molecule has 0 radical (unpaired) electrons. The number of carbonyl (C=O) groups is 1. The van der Waals surface area contributed by atoms with Crippen LogP contribution < -0.4 is 0 Å². The zero-order chi connectivity index (χ0) is 9.52. The molecule has 0 atom stereocenters. The number of hydrogen-bond donors (Lipinski definition) is 0. The van der Waals surface area contributed by atoms with Crippen molar-refractivity contribution in [1.29, 1.82) is 0 Å². The minimum atomic E-state index is 0.161. The number of Topliss-reactive ketones (excluding diaryl/α,β-unsaturated/α-hetero) is 1. The van der Waals surface area contributed by atoms with Gasteiger partial charge in [0, 0.05) is 12.6 Å². The maximum Gasteiger partial charge on any atom is 0.181 e. The maximum atomic E-state index is 11.5. The lowest BCUT2D eigenvalue weighted by molar-refractivity contribution is 0.0974. The van der Waals surface area contributed by atoms with E-state index in [2.05, 4.69) is 11.9 Å². The Kier molecular flexibility index (Phi) is 4.16. The minimum absolute atomic E-state index is 0.161. The molecule has 0 spiro atoms. The van der Waals surface area contributed by atoms with Crippen molar-refractivity contribution in [3.8, 4) is 0 Å². The Morgan fingerprint density at radius 1 is 1.38 bits per heavy atom. The van der Waals surface area contributed by atoms with Gasteiger partial charge in [0.25, 0.3) is 0 Å². The summed E-state index contributed by atoms with van der Waals surface area (Å²) in [7, 11) is 0. The Morgan fingerprint density at radius 2 is 2.23 bits per heavy atom. The molecule has 1 heterocycles. The van der Waals surface area contributed by atoms with Crippen LogP contribution >= 0.6 is 0 Å². The fraction of sp³-hybridized carbons (Fsp3) is 0.455. The van der Waals surface area contributed by atoms with Crippen molar-refractivity contribution in [3.63, 3.8) is 0 Å². The van der Waals surface area contributed by atoms with Gasteiger partial charge in [0.05, 0.1) is 0 Å². The first kappa shape index (κ1) is 9.90. The Morgan fingerprint density at radius 3 is 2.85 bits per heavy atom. The van der Waals surface area contributed by atoms with Crippen LogP contribution in [0.1, 0.15) is 43.1 Å². The largest absolute Gasteiger partial charge is 0.292 e. The van der Waals surface area contributed by atoms with Gasteiger partial charge in [0.2, 0.25) is 0 Å². The lowest BCUT2D eigenvalue weighted by atomic mass is 10.1. The molecule has 0 N–H and O–H groups in total. The van der Waals surface area contributed by atoms with Crippen LogP contribution in [-0.2, 0) is 0 Å². The van der Waals surface area contributed by atoms with Gasteiger partial charge in [-0.1, -0.05) is 25.8 Å². The summed E-state index contributed by atoms with van der Waals surface area (Å²) < 4.78 is 0. The lowest BCUT2D eigenvalue weighted by Gasteiger charge is -1.98. The summed E-state index contributed by atoms with van der Waals surface area (Å²) in [5.74, 6) is 0.161. The number of nitrogens with zero attached hydrogens (tertiary/aromatic N) is 1. The van der Waals surface area contributed by atoms with Gasteiger partial charge in [-0.15, -0.1) is 0 Å². The number of hydrogen-bond acceptors (Lipinski definition) is 2. The van der Waals surface area contributed by atoms with Gasteiger partial charge in [-0.2, -0.15) is 0 Å². The average Bonchev–Trinajstić information content (AvgIpc) is 2.19. The molecule has 13 heavy (non-hydrogen) atoms. The maximum absolute atomic E-state index is 11.5. The quantitative estimate of drug-likeness (QED) is 0.511. The standard InChI is InChI=1S/C11H15NO/c1-2-3-4-8-11(13)10-7-5-6-9-12-10/h5-7,9H,2-4,8H2,1H3. The van der Waals surface area contributed by atoms with E-state index in [0.717, 1.165) is 19.3 Å². The predicted octanol–water partition coefficient (Wildman–Crippen LogP) is 2.84. The zero-order valence-corrected chi connectivity index (χ0v) is 7.99. The first-order valence-electron chi connectivity index (χ1n) is 4.79. The molecule has 1 rings (SSSR count). The normalized spacial score (nSPS) is 9.92. The Labute approximate surface area is 79.0 Å². The second-order valence-corrected chi connectivity index (χ2v) is 3.10. The summed E-state index contributed by atoms with van der Waals surface area (Å²) in [6, 6.07) is 5.44. The molecule has 0 aromatic carbocycles. The molecular formula is C11H15NO. The zero-order valence-electron chi connectivity index (χ0n) is 7.99. The van der Waals surface area contributed by atoms with E-state index in [1.807, 2.05) is 12.1 Å². The van der Waals surface area contributed by atoms with Gasteiger partial charge in [-0.3, -0.25) is 9.78 Å². The molecule has 1 aromatic heterocycles. The van der Waals surface area contributed by atoms with Gasteiger partial charge >= 0.3 is 0 Å². The summed E-state index contributed by atoms with van der Waals surface area (Å²) in [5, 5.41) is 0. The van der Waals surface area contributed by atoms with E-state index < -0.39 is 0 Å². The minimum Gasteiger partial charge on any atom is -0.292 e. The molecule has 2 heteroatoms. The Balaban J connectivity index is 2.40. The van der Waals surface area contributed by atoms with Crippen LogP contribution in [0.4, 0.5) is 0 Å². The van der Waals surface area contributed by atoms with E-state index in [-0.39, 0.29) is 5.78 Å². The molecule has 1 aromatic rings. The van der Waals surface area contributed by atoms with Crippen molar-refractivity contribution in [2.75, 3.05) is 0 Å². The van der Waals surface area contributed by atoms with Crippen molar-refractivity contribution in [2.45, 2.75) is 32.6 Å². The van der Waals surface area contributed by atoms with Crippen molar-refractivity contribution in [2.24, 2.45) is 0 Å². The second kappa shape index (κ2) is 5.46. The molecule has 0 aliphatic carbocycles. The molecule has 0 aliphatic heterocycles. The summed E-state index contributed by atoms with van der Waals surface area (Å²) in [4.78, 5) is 15.5. The highest BCUT2D eigenvalue weighted by molar-refractivity contribution is 5.94. The summed E-state index contributed by atoms with van der Waals surface area (Å²) in [5.41, 5.74) is 0.596. The van der Waals surface area contributed by atoms with Gasteiger partial charge in [-0.05, 0) is 18.6 Å². The van der Waals surface area contributed by atoms with Gasteiger partial charge < -0.3 is 0 Å². The molecule has 0 aliphatic rings. The monoisotopic (exact) mass is 177 g/mol. The van der Waals surface area contributed by atoms with E-state index in [1.165, 1.54) is 0 Å². The Hall–Kier alpha value is -1.18. The highest BCUT2D eigenvalue weighted by Crippen LogP contribution is 2.05. The van der Waals surface area contributed by atoms with Crippen molar-refractivity contribution in [1.82, 2.24) is 4.98 Å². The van der Waals surface area contributed by atoms with E-state index in [9.17, 15) is 4.79 Å². The summed E-state index contributed by atoms with van der Waals surface area (Å²) in [6.45, 7) is 2.13. The number of pyridine rings is 1. The average molecular weight is 177 g/mol. The smallest absolute Gasteiger partial charge is 0.181 e. The molecule has 70 valence electrons. The molecule has 0 bridgehead atoms. The molecule has 0 saturated heterocycles. The van der Waals surface area contributed by atoms with Crippen molar-refractivity contribution < 1.29 is 4.79 Å². The predicted molar refractivity (Wildman–Crippen MR) is 52.7 cm³/mol. The second-order valence-electron chi connectivity index (χ2n) is 3.10. The Bertz CT molecular complexity index is 256. The van der Waals surface area contributed by atoms with Gasteiger partial charge in [0.1, 0.15) is 5.69 Å². The van der Waals surface area contributed by atoms with Gasteiger partial charge in [-0.25, -0.2) is 0 Å². The third-order valence-electron chi connectivity index (χ3n) is 1.96. The van der Waals surface area contributed by atoms with Crippen LogP contribution in [0.5, 0.6) is 0 Å². The molecule has 0 saturated carbocycles. The third kappa shape index (κ3) is 3.36. The molecular weight excluding hydrogens is 162 g/mol. The van der Waals surface area contributed by atoms with E-state index >= 15 is 0 Å². The van der Waals surface area contributed by atoms with Crippen LogP contribution in [0.3, 0.4) is 0 Å². The molecule has 2 nitrogen and oxygen atoms in total. The SMILES string of the molecule is CCCCCC(=O)c1ccccn1. The number of unbranched alkanes of at least 4 members (excludes halogenated alkanes) is 2. The van der Waals surface area contributed by atoms with Crippen LogP contribution in [-0.4, -0.2) is 10.8 Å². The van der Waals surface area contributed by atoms with Crippen molar-refractivity contribution in [3.05, 3.63) is 30.1 Å². The number of rotatable bonds is 5. The fourth-order valence-electron chi connectivity index (χ4n) is 1.19. The van der Waals surface area contributed by atoms with Crippen LogP contribution in [0, 0.1) is 0 Å². The first-order chi connectivity index (χ1) is 6.34. The van der Waals surface area contributed by atoms with E-state index in [1.54, 1.807) is 12.3 Å². The van der Waals surface area contributed by atoms with Crippen LogP contribution in [0.2, 0.25) is 0 Å². The van der Waals surface area contributed by atoms with E-state index in [0.29, 0.717) is 12.1 Å². The molecule has 0 amide bonds. The molecule has 0 unspecified atom stereocenters. The van der Waals surface area contributed by atoms with Gasteiger partial charge in [0.15, 0.2) is 5.78 Å². The number of aromatic nitrogens is 1. The first-order valence-corrected chi connectivity index (χ1v) is 4.79. The summed E-state index contributed by atoms with van der Waals surface area (Å²) >= 11 is 0. The molecule has 0 fully saturated rings. The van der Waals surface area contributed by atoms with Crippen LogP contribution in [0.25, 0.3) is 0 Å². The number of carbonyl (C=O) groups excluding carboxylic acids is 1.